The van der Waals surface area contributed by atoms with Gasteiger partial charge in [0.15, 0.2) is 0 Å². The Morgan fingerprint density at radius 2 is 1.11 bits per heavy atom. The summed E-state index contributed by atoms with van der Waals surface area (Å²) in [6, 6.07) is 10.9. The molecular formula is C18H30Ce. The largest absolute Gasteiger partial charge is 0.0654 e. The summed E-state index contributed by atoms with van der Waals surface area (Å²) in [5, 5.41) is 0. The number of benzene rings is 1. The maximum atomic E-state index is 2.28. The van der Waals surface area contributed by atoms with Gasteiger partial charge >= 0.3 is 0 Å². The molecule has 0 amide bonds. The smallest absolute Gasteiger partial charge is 0 e. The van der Waals surface area contributed by atoms with Crippen LogP contribution in [0, 0.1) is 41.7 Å². The zero-order valence-electron chi connectivity index (χ0n) is 12.7. The normalized spacial score (nSPS) is 10.2. The van der Waals surface area contributed by atoms with Gasteiger partial charge in [0.25, 0.3) is 0 Å². The summed E-state index contributed by atoms with van der Waals surface area (Å²) in [5.74, 6) is 0. The second kappa shape index (κ2) is 15.0. The minimum atomic E-state index is 0. The molecule has 0 heterocycles. The van der Waals surface area contributed by atoms with Gasteiger partial charge in [-0.1, -0.05) is 95.0 Å². The first kappa shape index (κ1) is 19.6. The Kier molecular flexibility index (Phi) is 15.5. The quantitative estimate of drug-likeness (QED) is 0.400. The van der Waals surface area contributed by atoms with Crippen LogP contribution in [0.25, 0.3) is 0 Å². The molecule has 19 heavy (non-hydrogen) atoms. The van der Waals surface area contributed by atoms with Gasteiger partial charge in [-0.3, -0.25) is 0 Å². The van der Waals surface area contributed by atoms with E-state index in [0.717, 1.165) is 0 Å². The third-order valence-corrected chi connectivity index (χ3v) is 3.66. The monoisotopic (exact) mass is 386 g/mol. The van der Waals surface area contributed by atoms with Crippen LogP contribution in [0.4, 0.5) is 0 Å². The molecule has 0 saturated carbocycles. The van der Waals surface area contributed by atoms with E-state index in [9.17, 15) is 0 Å². The fourth-order valence-electron chi connectivity index (χ4n) is 2.46. The second-order valence-corrected chi connectivity index (χ2v) is 5.42. The molecule has 0 aromatic heterocycles. The van der Waals surface area contributed by atoms with Crippen LogP contribution in [0.5, 0.6) is 0 Å². The molecule has 0 bridgehead atoms. The van der Waals surface area contributed by atoms with Crippen LogP contribution >= 0.6 is 0 Å². The van der Waals surface area contributed by atoms with Crippen molar-refractivity contribution in [1.29, 1.82) is 0 Å². The molecule has 0 aliphatic heterocycles. The first-order chi connectivity index (χ1) is 8.93. The van der Waals surface area contributed by atoms with E-state index in [1.807, 2.05) is 0 Å². The van der Waals surface area contributed by atoms with Gasteiger partial charge in [-0.15, -0.1) is 0 Å². The summed E-state index contributed by atoms with van der Waals surface area (Å²) in [7, 11) is 0. The molecule has 1 aromatic carbocycles. The molecule has 0 saturated heterocycles. The van der Waals surface area contributed by atoms with Crippen LogP contribution < -0.4 is 0 Å². The third-order valence-electron chi connectivity index (χ3n) is 3.66. The van der Waals surface area contributed by atoms with E-state index in [2.05, 4.69) is 37.3 Å². The summed E-state index contributed by atoms with van der Waals surface area (Å²) in [6.07, 6.45) is 15.5. The van der Waals surface area contributed by atoms with Gasteiger partial charge in [-0.2, -0.15) is 0 Å². The van der Waals surface area contributed by atoms with Crippen LogP contribution in [0.15, 0.2) is 30.3 Å². The van der Waals surface area contributed by atoms with E-state index < -0.39 is 0 Å². The van der Waals surface area contributed by atoms with E-state index in [1.54, 1.807) is 0 Å². The van der Waals surface area contributed by atoms with E-state index in [0.29, 0.717) is 0 Å². The van der Waals surface area contributed by atoms with Gasteiger partial charge in [0.1, 0.15) is 0 Å². The Balaban J connectivity index is 0.00000324. The zero-order chi connectivity index (χ0) is 12.9. The average molecular weight is 387 g/mol. The minimum Gasteiger partial charge on any atom is -0.0654 e. The molecule has 0 radical (unpaired) electrons. The topological polar surface area (TPSA) is 0 Å². The standard InChI is InChI=1S/C18H30.Ce/c1-2-3-4-5-6-7-8-9-10-12-15-18-16-13-11-14-17-18;/h11,13-14,16-17H,2-10,12,15H2,1H3;. The van der Waals surface area contributed by atoms with Crippen LogP contribution in [0.3, 0.4) is 0 Å². The Morgan fingerprint density at radius 1 is 0.632 bits per heavy atom. The summed E-state index contributed by atoms with van der Waals surface area (Å²) >= 11 is 0. The van der Waals surface area contributed by atoms with E-state index in [1.165, 1.54) is 76.2 Å². The van der Waals surface area contributed by atoms with Crippen molar-refractivity contribution in [2.24, 2.45) is 0 Å². The van der Waals surface area contributed by atoms with Crippen LogP contribution in [0.1, 0.15) is 76.7 Å². The predicted molar refractivity (Wildman–Crippen MR) is 82.0 cm³/mol. The predicted octanol–water partition coefficient (Wildman–Crippen LogP) is 6.15. The van der Waals surface area contributed by atoms with Gasteiger partial charge in [-0.25, -0.2) is 0 Å². The Labute approximate surface area is 154 Å². The van der Waals surface area contributed by atoms with Crippen molar-refractivity contribution in [3.05, 3.63) is 35.9 Å². The molecule has 1 rings (SSSR count). The zero-order valence-corrected chi connectivity index (χ0v) is 15.8. The summed E-state index contributed by atoms with van der Waals surface area (Å²) in [6.45, 7) is 2.28. The second-order valence-electron chi connectivity index (χ2n) is 5.42. The van der Waals surface area contributed by atoms with Gasteiger partial charge in [0.2, 0.25) is 0 Å². The SMILES string of the molecule is CCCCCCCCCCCCc1ccccc1.[Ce]. The first-order valence-corrected chi connectivity index (χ1v) is 7.97. The van der Waals surface area contributed by atoms with Crippen LogP contribution in [-0.4, -0.2) is 0 Å². The molecule has 0 nitrogen and oxygen atoms in total. The molecule has 0 unspecified atom stereocenters. The minimum absolute atomic E-state index is 0. The van der Waals surface area contributed by atoms with Gasteiger partial charge in [0.05, 0.1) is 0 Å². The molecule has 0 aliphatic carbocycles. The molecule has 0 N–H and O–H groups in total. The van der Waals surface area contributed by atoms with E-state index in [4.69, 9.17) is 0 Å². The van der Waals surface area contributed by atoms with Crippen molar-refractivity contribution < 1.29 is 41.7 Å². The van der Waals surface area contributed by atoms with Crippen molar-refractivity contribution in [3.63, 3.8) is 0 Å². The maximum Gasteiger partial charge on any atom is 0 e. The van der Waals surface area contributed by atoms with Gasteiger partial charge < -0.3 is 0 Å². The van der Waals surface area contributed by atoms with E-state index in [-0.39, 0.29) is 41.7 Å². The maximum absolute atomic E-state index is 2.28. The van der Waals surface area contributed by atoms with Crippen molar-refractivity contribution in [3.8, 4) is 0 Å². The van der Waals surface area contributed by atoms with Gasteiger partial charge in [0, 0.05) is 41.7 Å². The number of aryl methyl sites for hydroxylation is 1. The fraction of sp³-hybridized carbons (Fsp3) is 0.667. The molecule has 0 fully saturated rings. The number of rotatable bonds is 11. The molecule has 0 atom stereocenters. The summed E-state index contributed by atoms with van der Waals surface area (Å²) in [5.41, 5.74) is 1.50. The van der Waals surface area contributed by atoms with Gasteiger partial charge in [-0.05, 0) is 18.4 Å². The van der Waals surface area contributed by atoms with Crippen molar-refractivity contribution >= 4 is 0 Å². The van der Waals surface area contributed by atoms with Crippen molar-refractivity contribution in [2.75, 3.05) is 0 Å². The number of hydrogen-bond donors (Lipinski definition) is 0. The Morgan fingerprint density at radius 3 is 1.63 bits per heavy atom. The van der Waals surface area contributed by atoms with Crippen LogP contribution in [0.2, 0.25) is 0 Å². The average Bonchev–Trinajstić information content (AvgIpc) is 2.42. The third kappa shape index (κ3) is 12.1. The molecule has 106 valence electrons. The molecule has 1 heteroatoms. The number of hydrogen-bond acceptors (Lipinski definition) is 0. The fourth-order valence-corrected chi connectivity index (χ4v) is 2.46. The van der Waals surface area contributed by atoms with E-state index >= 15 is 0 Å². The van der Waals surface area contributed by atoms with Crippen molar-refractivity contribution in [1.82, 2.24) is 0 Å². The summed E-state index contributed by atoms with van der Waals surface area (Å²) in [4.78, 5) is 0. The molecule has 0 spiro atoms. The summed E-state index contributed by atoms with van der Waals surface area (Å²) < 4.78 is 0. The molecular weight excluding hydrogens is 356 g/mol. The Bertz CT molecular complexity index is 268. The first-order valence-electron chi connectivity index (χ1n) is 7.97. The molecule has 1 aromatic rings. The van der Waals surface area contributed by atoms with Crippen LogP contribution in [-0.2, 0) is 6.42 Å². The van der Waals surface area contributed by atoms with Crippen molar-refractivity contribution in [2.45, 2.75) is 77.6 Å². The Hall–Kier alpha value is 0.597. The molecule has 0 aliphatic rings. The number of unbranched alkanes of at least 4 members (excludes halogenated alkanes) is 9.